The van der Waals surface area contributed by atoms with Gasteiger partial charge in [-0.2, -0.15) is 0 Å². The first-order valence-electron chi connectivity index (χ1n) is 7.77. The van der Waals surface area contributed by atoms with E-state index in [1.54, 1.807) is 7.11 Å². The Bertz CT molecular complexity index is 870. The van der Waals surface area contributed by atoms with Crippen molar-refractivity contribution >= 4 is 11.6 Å². The van der Waals surface area contributed by atoms with Gasteiger partial charge in [-0.05, 0) is 24.3 Å². The number of halogens is 2. The van der Waals surface area contributed by atoms with Crippen LogP contribution in [0.2, 0.25) is 0 Å². The molecule has 8 heteroatoms. The first-order valence-corrected chi connectivity index (χ1v) is 7.77. The van der Waals surface area contributed by atoms with Crippen LogP contribution < -0.4 is 15.2 Å². The minimum atomic E-state index is -1.20. The van der Waals surface area contributed by atoms with Crippen LogP contribution in [0.1, 0.15) is 22.3 Å². The van der Waals surface area contributed by atoms with E-state index in [9.17, 15) is 13.6 Å². The van der Waals surface area contributed by atoms with Crippen molar-refractivity contribution in [3.8, 4) is 11.5 Å². The highest BCUT2D eigenvalue weighted by atomic mass is 19.1. The molecule has 0 saturated heterocycles. The van der Waals surface area contributed by atoms with Gasteiger partial charge in [0.25, 0.3) is 5.91 Å². The monoisotopic (exact) mass is 362 g/mol. The van der Waals surface area contributed by atoms with Gasteiger partial charge in [0.15, 0.2) is 17.7 Å². The van der Waals surface area contributed by atoms with E-state index in [0.717, 1.165) is 17.7 Å². The molecule has 0 aromatic heterocycles. The predicted octanol–water partition coefficient (Wildman–Crippen LogP) is 2.64. The number of benzene rings is 2. The normalized spacial score (nSPS) is 16.0. The predicted molar refractivity (Wildman–Crippen MR) is 89.4 cm³/mol. The molecule has 26 heavy (non-hydrogen) atoms. The number of hydrogen-bond donors (Lipinski definition) is 1. The van der Waals surface area contributed by atoms with Crippen LogP contribution in [-0.2, 0) is 4.84 Å². The molecular weight excluding hydrogens is 346 g/mol. The number of carbonyl (C=O) groups is 1. The number of amides is 1. The molecule has 1 aliphatic rings. The van der Waals surface area contributed by atoms with E-state index in [2.05, 4.69) is 5.16 Å². The van der Waals surface area contributed by atoms with Crippen molar-refractivity contribution < 1.29 is 27.9 Å². The van der Waals surface area contributed by atoms with E-state index in [4.69, 9.17) is 20.0 Å². The number of carbonyl (C=O) groups excluding carboxylic acids is 1. The molecule has 1 heterocycles. The summed E-state index contributed by atoms with van der Waals surface area (Å²) >= 11 is 0. The highest BCUT2D eigenvalue weighted by Crippen LogP contribution is 2.25. The number of hydrogen-bond acceptors (Lipinski definition) is 5. The van der Waals surface area contributed by atoms with Gasteiger partial charge < -0.3 is 20.0 Å². The van der Waals surface area contributed by atoms with E-state index in [0.29, 0.717) is 17.9 Å². The molecule has 2 aromatic rings. The van der Waals surface area contributed by atoms with E-state index >= 15 is 0 Å². The van der Waals surface area contributed by atoms with Gasteiger partial charge >= 0.3 is 0 Å². The van der Waals surface area contributed by atoms with Gasteiger partial charge in [0.1, 0.15) is 23.7 Å². The molecule has 136 valence electrons. The highest BCUT2D eigenvalue weighted by molar-refractivity contribution is 6.01. The van der Waals surface area contributed by atoms with Crippen LogP contribution in [0.25, 0.3) is 0 Å². The lowest BCUT2D eigenvalue weighted by Crippen LogP contribution is -2.20. The molecule has 0 aliphatic carbocycles. The minimum absolute atomic E-state index is 0.0300. The van der Waals surface area contributed by atoms with Crippen LogP contribution in [-0.4, -0.2) is 31.4 Å². The van der Waals surface area contributed by atoms with Crippen LogP contribution in [0, 0.1) is 11.6 Å². The standard InChI is InChI=1S/C18H16F2N2O4/c1-24-11-4-2-3-10(7-11)14-8-12(26-22-14)9-25-15-6-5-13(19)16(17(15)20)18(21)23/h2-7,12H,8-9H2,1H3,(H2,21,23). The molecule has 2 aromatic carbocycles. The van der Waals surface area contributed by atoms with Crippen molar-refractivity contribution in [2.45, 2.75) is 12.5 Å². The van der Waals surface area contributed by atoms with Crippen LogP contribution in [0.4, 0.5) is 8.78 Å². The maximum atomic E-state index is 14.1. The number of rotatable bonds is 6. The van der Waals surface area contributed by atoms with Gasteiger partial charge in [0.05, 0.1) is 12.8 Å². The van der Waals surface area contributed by atoms with Crippen molar-refractivity contribution in [3.63, 3.8) is 0 Å². The Morgan fingerprint density at radius 1 is 1.35 bits per heavy atom. The fourth-order valence-corrected chi connectivity index (χ4v) is 2.54. The second-order valence-electron chi connectivity index (χ2n) is 5.61. The maximum absolute atomic E-state index is 14.1. The molecule has 6 nitrogen and oxygen atoms in total. The number of methoxy groups -OCH3 is 1. The first-order chi connectivity index (χ1) is 12.5. The third kappa shape index (κ3) is 3.58. The van der Waals surface area contributed by atoms with Crippen molar-refractivity contribution in [3.05, 3.63) is 59.2 Å². The molecule has 1 amide bonds. The third-order valence-electron chi connectivity index (χ3n) is 3.86. The summed E-state index contributed by atoms with van der Waals surface area (Å²) in [5, 5.41) is 4.01. The summed E-state index contributed by atoms with van der Waals surface area (Å²) in [5.74, 6) is -2.96. The van der Waals surface area contributed by atoms with Crippen LogP contribution in [0.15, 0.2) is 41.6 Å². The first kappa shape index (κ1) is 17.7. The summed E-state index contributed by atoms with van der Waals surface area (Å²) in [6, 6.07) is 9.35. The SMILES string of the molecule is COc1cccc(C2=NOC(COc3ccc(F)c(C(N)=O)c3F)C2)c1. The van der Waals surface area contributed by atoms with Crippen molar-refractivity contribution in [1.82, 2.24) is 0 Å². The Hall–Kier alpha value is -3.16. The molecule has 0 bridgehead atoms. The second kappa shape index (κ2) is 7.38. The third-order valence-corrected chi connectivity index (χ3v) is 3.86. The smallest absolute Gasteiger partial charge is 0.254 e. The van der Waals surface area contributed by atoms with Gasteiger partial charge in [0.2, 0.25) is 0 Å². The summed E-state index contributed by atoms with van der Waals surface area (Å²) in [5.41, 5.74) is 5.70. The summed E-state index contributed by atoms with van der Waals surface area (Å²) in [6.07, 6.45) is -0.00348. The lowest BCUT2D eigenvalue weighted by Gasteiger charge is -2.12. The molecule has 2 N–H and O–H groups in total. The summed E-state index contributed by atoms with van der Waals surface area (Å²) < 4.78 is 38.1. The topological polar surface area (TPSA) is 83.1 Å². The molecule has 1 atom stereocenters. The fraction of sp³-hybridized carbons (Fsp3) is 0.222. The van der Waals surface area contributed by atoms with E-state index < -0.39 is 29.2 Å². The van der Waals surface area contributed by atoms with Gasteiger partial charge in [-0.3, -0.25) is 4.79 Å². The maximum Gasteiger partial charge on any atom is 0.254 e. The van der Waals surface area contributed by atoms with Gasteiger partial charge in [-0.15, -0.1) is 0 Å². The molecule has 0 spiro atoms. The molecule has 3 rings (SSSR count). The van der Waals surface area contributed by atoms with Crippen molar-refractivity contribution in [2.75, 3.05) is 13.7 Å². The van der Waals surface area contributed by atoms with Crippen molar-refractivity contribution in [2.24, 2.45) is 10.9 Å². The van der Waals surface area contributed by atoms with Gasteiger partial charge in [0, 0.05) is 12.0 Å². The Labute approximate surface area is 148 Å². The summed E-state index contributed by atoms with van der Waals surface area (Å²) in [4.78, 5) is 16.4. The van der Waals surface area contributed by atoms with E-state index in [1.165, 1.54) is 0 Å². The van der Waals surface area contributed by atoms with Gasteiger partial charge in [-0.1, -0.05) is 17.3 Å². The number of nitrogens with zero attached hydrogens (tertiary/aromatic N) is 1. The summed E-state index contributed by atoms with van der Waals surface area (Å²) in [7, 11) is 1.57. The number of nitrogens with two attached hydrogens (primary N) is 1. The average Bonchev–Trinajstić information content (AvgIpc) is 3.10. The zero-order valence-electron chi connectivity index (χ0n) is 13.9. The largest absolute Gasteiger partial charge is 0.497 e. The van der Waals surface area contributed by atoms with Crippen LogP contribution >= 0.6 is 0 Å². The molecule has 0 saturated carbocycles. The lowest BCUT2D eigenvalue weighted by atomic mass is 10.1. The number of oxime groups is 1. The molecule has 0 radical (unpaired) electrons. The van der Waals surface area contributed by atoms with E-state index in [-0.39, 0.29) is 12.4 Å². The Morgan fingerprint density at radius 3 is 2.88 bits per heavy atom. The van der Waals surface area contributed by atoms with E-state index in [1.807, 2.05) is 24.3 Å². The molecule has 1 unspecified atom stereocenters. The Balaban J connectivity index is 1.64. The molecular formula is C18H16F2N2O4. The minimum Gasteiger partial charge on any atom is -0.497 e. The van der Waals surface area contributed by atoms with Crippen LogP contribution in [0.3, 0.4) is 0 Å². The average molecular weight is 362 g/mol. The van der Waals surface area contributed by atoms with Gasteiger partial charge in [-0.25, -0.2) is 8.78 Å². The second-order valence-corrected chi connectivity index (χ2v) is 5.61. The zero-order chi connectivity index (χ0) is 18.7. The quantitative estimate of drug-likeness (QED) is 0.856. The zero-order valence-corrected chi connectivity index (χ0v) is 13.9. The van der Waals surface area contributed by atoms with Crippen molar-refractivity contribution in [1.29, 1.82) is 0 Å². The number of ether oxygens (including phenoxy) is 2. The Morgan fingerprint density at radius 2 is 2.15 bits per heavy atom. The Kier molecular flexibility index (Phi) is 5.01. The number of primary amides is 1. The molecule has 1 aliphatic heterocycles. The van der Waals surface area contributed by atoms with Crippen LogP contribution in [0.5, 0.6) is 11.5 Å². The lowest BCUT2D eigenvalue weighted by molar-refractivity contribution is 0.0458. The highest BCUT2D eigenvalue weighted by Gasteiger charge is 2.25. The summed E-state index contributed by atoms with van der Waals surface area (Å²) in [6.45, 7) is -0.0300. The molecule has 0 fully saturated rings. The fourth-order valence-electron chi connectivity index (χ4n) is 2.54.